The van der Waals surface area contributed by atoms with Crippen LogP contribution in [0.15, 0.2) is 24.3 Å². The average Bonchev–Trinajstić information content (AvgIpc) is 2.57. The molecular weight excluding hydrogens is 324 g/mol. The molecule has 0 saturated heterocycles. The van der Waals surface area contributed by atoms with E-state index in [2.05, 4.69) is 10.6 Å². The summed E-state index contributed by atoms with van der Waals surface area (Å²) < 4.78 is 5.77. The number of ether oxygens (including phenoxy) is 1. The van der Waals surface area contributed by atoms with E-state index in [4.69, 9.17) is 4.74 Å². The zero-order valence-electron chi connectivity index (χ0n) is 16.2. The molecule has 5 rings (SSSR count). The van der Waals surface area contributed by atoms with E-state index in [1.54, 1.807) is 0 Å². The van der Waals surface area contributed by atoms with Crippen molar-refractivity contribution in [3.63, 3.8) is 0 Å². The number of benzene rings is 1. The topological polar surface area (TPSA) is 50.4 Å². The highest BCUT2D eigenvalue weighted by Gasteiger charge is 2.48. The molecular formula is C22H32N2O2. The van der Waals surface area contributed by atoms with Gasteiger partial charge in [-0.2, -0.15) is 0 Å². The van der Waals surface area contributed by atoms with Crippen LogP contribution in [0.1, 0.15) is 64.5 Å². The van der Waals surface area contributed by atoms with Gasteiger partial charge in [0.25, 0.3) is 0 Å². The Labute approximate surface area is 157 Å². The monoisotopic (exact) mass is 356 g/mol. The summed E-state index contributed by atoms with van der Waals surface area (Å²) in [6.07, 6.45) is 6.88. The van der Waals surface area contributed by atoms with E-state index in [1.165, 1.54) is 32.1 Å². The first kappa shape index (κ1) is 17.7. The van der Waals surface area contributed by atoms with E-state index in [0.29, 0.717) is 17.9 Å². The molecule has 1 aromatic rings. The molecule has 0 radical (unpaired) electrons. The van der Waals surface area contributed by atoms with Gasteiger partial charge in [-0.3, -0.25) is 0 Å². The van der Waals surface area contributed by atoms with Crippen molar-refractivity contribution in [1.82, 2.24) is 10.6 Å². The van der Waals surface area contributed by atoms with Gasteiger partial charge in [0.1, 0.15) is 5.75 Å². The first-order valence-electron chi connectivity index (χ1n) is 10.3. The largest absolute Gasteiger partial charge is 0.491 e. The molecule has 2 amide bonds. The number of rotatable bonds is 5. The molecule has 142 valence electrons. The van der Waals surface area contributed by atoms with Gasteiger partial charge < -0.3 is 15.4 Å². The van der Waals surface area contributed by atoms with Gasteiger partial charge >= 0.3 is 6.03 Å². The highest BCUT2D eigenvalue weighted by molar-refractivity contribution is 5.75. The normalized spacial score (nSPS) is 33.2. The fourth-order valence-electron chi connectivity index (χ4n) is 5.76. The summed E-state index contributed by atoms with van der Waals surface area (Å²) >= 11 is 0. The van der Waals surface area contributed by atoms with Gasteiger partial charge in [-0.05, 0) is 94.2 Å². The van der Waals surface area contributed by atoms with E-state index in [1.807, 2.05) is 45.0 Å². The number of hydrogen-bond acceptors (Lipinski definition) is 2. The molecule has 4 saturated carbocycles. The average molecular weight is 357 g/mol. The minimum absolute atomic E-state index is 0.0230. The van der Waals surface area contributed by atoms with E-state index < -0.39 is 0 Å². The van der Waals surface area contributed by atoms with Crippen molar-refractivity contribution in [3.05, 3.63) is 29.8 Å². The second kappa shape index (κ2) is 7.13. The van der Waals surface area contributed by atoms with Crippen LogP contribution in [0.4, 0.5) is 4.79 Å². The molecule has 2 N–H and O–H groups in total. The van der Waals surface area contributed by atoms with E-state index in [0.717, 1.165) is 23.1 Å². The second-order valence-electron chi connectivity index (χ2n) is 9.04. The number of carbonyl (C=O) groups is 1. The maximum atomic E-state index is 12.6. The van der Waals surface area contributed by atoms with Crippen molar-refractivity contribution in [2.75, 3.05) is 0 Å². The van der Waals surface area contributed by atoms with Crippen LogP contribution in [0.25, 0.3) is 0 Å². The molecule has 1 aromatic carbocycles. The predicted octanol–water partition coefficient (Wildman–Crippen LogP) is 4.66. The lowest BCUT2D eigenvalue weighted by molar-refractivity contribution is -0.00950. The third-order valence-corrected chi connectivity index (χ3v) is 6.60. The zero-order chi connectivity index (χ0) is 18.3. The Morgan fingerprint density at radius 3 is 2.31 bits per heavy atom. The lowest BCUT2D eigenvalue weighted by Crippen LogP contribution is -2.57. The number of carbonyl (C=O) groups excluding carboxylic acids is 1. The van der Waals surface area contributed by atoms with Gasteiger partial charge in [0, 0.05) is 6.04 Å². The van der Waals surface area contributed by atoms with Gasteiger partial charge in [0.15, 0.2) is 0 Å². The van der Waals surface area contributed by atoms with Crippen LogP contribution < -0.4 is 15.4 Å². The Morgan fingerprint density at radius 1 is 1.04 bits per heavy atom. The van der Waals surface area contributed by atoms with Crippen LogP contribution in [-0.2, 0) is 0 Å². The smallest absolute Gasteiger partial charge is 0.315 e. The summed E-state index contributed by atoms with van der Waals surface area (Å²) in [7, 11) is 0. The maximum absolute atomic E-state index is 12.6. The van der Waals surface area contributed by atoms with Crippen LogP contribution >= 0.6 is 0 Å². The Morgan fingerprint density at radius 2 is 1.69 bits per heavy atom. The molecule has 4 nitrogen and oxygen atoms in total. The summed E-state index contributed by atoms with van der Waals surface area (Å²) in [5.41, 5.74) is 1.07. The third kappa shape index (κ3) is 3.70. The first-order chi connectivity index (χ1) is 12.5. The molecule has 4 aliphatic carbocycles. The molecule has 0 spiro atoms. The van der Waals surface area contributed by atoms with Gasteiger partial charge in [0.05, 0.1) is 12.1 Å². The highest BCUT2D eigenvalue weighted by atomic mass is 16.5. The standard InChI is InChI=1S/C22H32N2O2/c1-13(2)26-20-6-4-5-17(12-20)14(3)23-22(25)24-21-18-8-15-7-16(10-18)11-19(21)9-15/h4-6,12-16,18-19,21H,7-11H2,1-3H3,(H2,23,24,25). The van der Waals surface area contributed by atoms with Crippen molar-refractivity contribution in [3.8, 4) is 5.75 Å². The summed E-state index contributed by atoms with van der Waals surface area (Å²) in [6, 6.07) is 8.33. The molecule has 0 aromatic heterocycles. The van der Waals surface area contributed by atoms with E-state index >= 15 is 0 Å². The SMILES string of the molecule is CC(C)Oc1cccc(C(C)NC(=O)NC2C3CC4CC(C3)CC2C4)c1. The van der Waals surface area contributed by atoms with Crippen LogP contribution in [0.3, 0.4) is 0 Å². The summed E-state index contributed by atoms with van der Waals surface area (Å²) in [5, 5.41) is 6.46. The Hall–Kier alpha value is -1.71. The molecule has 0 heterocycles. The Kier molecular flexibility index (Phi) is 4.85. The van der Waals surface area contributed by atoms with Crippen molar-refractivity contribution in [1.29, 1.82) is 0 Å². The minimum atomic E-state index is -0.0393. The number of nitrogens with one attached hydrogen (secondary N) is 2. The van der Waals surface area contributed by atoms with Gasteiger partial charge in [-0.1, -0.05) is 12.1 Å². The minimum Gasteiger partial charge on any atom is -0.491 e. The highest BCUT2D eigenvalue weighted by Crippen LogP contribution is 2.53. The molecule has 4 fully saturated rings. The third-order valence-electron chi connectivity index (χ3n) is 6.60. The summed E-state index contributed by atoms with van der Waals surface area (Å²) in [4.78, 5) is 12.6. The Balaban J connectivity index is 1.35. The molecule has 4 heteroatoms. The lowest BCUT2D eigenvalue weighted by atomic mass is 9.54. The number of amides is 2. The van der Waals surface area contributed by atoms with Crippen LogP contribution in [-0.4, -0.2) is 18.2 Å². The van der Waals surface area contributed by atoms with Crippen LogP contribution in [0.5, 0.6) is 5.75 Å². The lowest BCUT2D eigenvalue weighted by Gasteiger charge is -2.54. The number of urea groups is 1. The molecule has 26 heavy (non-hydrogen) atoms. The summed E-state index contributed by atoms with van der Waals surface area (Å²) in [5.74, 6) is 4.13. The fourth-order valence-corrected chi connectivity index (χ4v) is 5.76. The maximum Gasteiger partial charge on any atom is 0.315 e. The van der Waals surface area contributed by atoms with Crippen molar-refractivity contribution in [2.45, 2.75) is 71.1 Å². The summed E-state index contributed by atoms with van der Waals surface area (Å²) in [6.45, 7) is 6.07. The number of hydrogen-bond donors (Lipinski definition) is 2. The molecule has 1 unspecified atom stereocenters. The van der Waals surface area contributed by atoms with Crippen LogP contribution in [0.2, 0.25) is 0 Å². The van der Waals surface area contributed by atoms with Crippen molar-refractivity contribution < 1.29 is 9.53 Å². The molecule has 0 aliphatic heterocycles. The van der Waals surface area contributed by atoms with Crippen molar-refractivity contribution >= 4 is 6.03 Å². The fraction of sp³-hybridized carbons (Fsp3) is 0.682. The van der Waals surface area contributed by atoms with Crippen LogP contribution in [0, 0.1) is 23.7 Å². The predicted molar refractivity (Wildman–Crippen MR) is 103 cm³/mol. The van der Waals surface area contributed by atoms with Gasteiger partial charge in [-0.15, -0.1) is 0 Å². The molecule has 4 aliphatic rings. The second-order valence-corrected chi connectivity index (χ2v) is 9.04. The zero-order valence-corrected chi connectivity index (χ0v) is 16.2. The van der Waals surface area contributed by atoms with Gasteiger partial charge in [0.2, 0.25) is 0 Å². The van der Waals surface area contributed by atoms with E-state index in [-0.39, 0.29) is 18.2 Å². The van der Waals surface area contributed by atoms with E-state index in [9.17, 15) is 4.79 Å². The molecule has 4 bridgehead atoms. The first-order valence-corrected chi connectivity index (χ1v) is 10.3. The molecule has 1 atom stereocenters. The van der Waals surface area contributed by atoms with Crippen molar-refractivity contribution in [2.24, 2.45) is 23.7 Å². The quantitative estimate of drug-likeness (QED) is 0.806. The van der Waals surface area contributed by atoms with Gasteiger partial charge in [-0.25, -0.2) is 4.79 Å². The Bertz CT molecular complexity index is 629.